The molecule has 0 radical (unpaired) electrons. The van der Waals surface area contributed by atoms with Crippen molar-refractivity contribution in [3.63, 3.8) is 0 Å². The first kappa shape index (κ1) is 19.6. The van der Waals surface area contributed by atoms with Crippen molar-refractivity contribution in [1.29, 1.82) is 0 Å². The number of thiazole rings is 1. The quantitative estimate of drug-likeness (QED) is 0.404. The molecule has 0 fully saturated rings. The molecule has 0 atom stereocenters. The van der Waals surface area contributed by atoms with E-state index in [1.54, 1.807) is 33.6 Å². The van der Waals surface area contributed by atoms with Crippen molar-refractivity contribution in [3.8, 4) is 0 Å². The molecule has 4 aromatic rings. The maximum Gasteiger partial charge on any atom is 0.233 e. The van der Waals surface area contributed by atoms with Gasteiger partial charge in [0.1, 0.15) is 11.3 Å². The van der Waals surface area contributed by atoms with Crippen molar-refractivity contribution in [2.75, 3.05) is 17.7 Å². The van der Waals surface area contributed by atoms with E-state index in [4.69, 9.17) is 0 Å². The van der Waals surface area contributed by atoms with E-state index in [-0.39, 0.29) is 18.1 Å². The molecule has 8 heteroatoms. The van der Waals surface area contributed by atoms with E-state index >= 15 is 0 Å². The highest BCUT2D eigenvalue weighted by Gasteiger charge is 2.21. The van der Waals surface area contributed by atoms with E-state index in [0.29, 0.717) is 23.7 Å². The second-order valence-electron chi connectivity index (χ2n) is 6.42. The fourth-order valence-corrected chi connectivity index (χ4v) is 4.43. The largest absolute Gasteiger partial charge is 0.286 e. The zero-order valence-electron chi connectivity index (χ0n) is 15.8. The summed E-state index contributed by atoms with van der Waals surface area (Å²) in [4.78, 5) is 20.4. The Labute approximate surface area is 176 Å². The highest BCUT2D eigenvalue weighted by molar-refractivity contribution is 7.98. The van der Waals surface area contributed by atoms with Crippen LogP contribution in [-0.4, -0.2) is 33.5 Å². The van der Waals surface area contributed by atoms with E-state index < -0.39 is 0 Å². The minimum Gasteiger partial charge on any atom is -0.286 e. The second-order valence-corrected chi connectivity index (χ2v) is 8.31. The SMILES string of the molecule is CSc1ccc(CC(=O)N(CCn2cccn2)c2nc3c(F)cccc3s2)cc1. The Morgan fingerprint density at radius 3 is 2.72 bits per heavy atom. The molecule has 0 N–H and O–H groups in total. The predicted octanol–water partition coefficient (Wildman–Crippen LogP) is 4.63. The molecule has 29 heavy (non-hydrogen) atoms. The van der Waals surface area contributed by atoms with Gasteiger partial charge in [0, 0.05) is 23.8 Å². The number of hydrogen-bond acceptors (Lipinski definition) is 5. The Kier molecular flexibility index (Phi) is 5.92. The minimum atomic E-state index is -0.378. The van der Waals surface area contributed by atoms with Gasteiger partial charge in [-0.1, -0.05) is 29.5 Å². The fraction of sp³-hybridized carbons (Fsp3) is 0.190. The van der Waals surface area contributed by atoms with Crippen molar-refractivity contribution in [3.05, 3.63) is 72.3 Å². The van der Waals surface area contributed by atoms with Gasteiger partial charge >= 0.3 is 0 Å². The molecule has 1 amide bonds. The zero-order valence-corrected chi connectivity index (χ0v) is 17.4. The number of carbonyl (C=O) groups excluding carboxylic acids is 1. The van der Waals surface area contributed by atoms with Gasteiger partial charge in [-0.15, -0.1) is 11.8 Å². The summed E-state index contributed by atoms with van der Waals surface area (Å²) >= 11 is 2.98. The van der Waals surface area contributed by atoms with Crippen molar-refractivity contribution < 1.29 is 9.18 Å². The van der Waals surface area contributed by atoms with Crippen LogP contribution >= 0.6 is 23.1 Å². The first-order valence-corrected chi connectivity index (χ1v) is 11.1. The number of anilines is 1. The molecule has 0 spiro atoms. The van der Waals surface area contributed by atoms with Gasteiger partial charge < -0.3 is 0 Å². The molecule has 4 rings (SSSR count). The molecule has 0 saturated heterocycles. The molecule has 0 aliphatic carbocycles. The summed E-state index contributed by atoms with van der Waals surface area (Å²) in [6.07, 6.45) is 5.82. The van der Waals surface area contributed by atoms with Crippen molar-refractivity contribution in [2.24, 2.45) is 0 Å². The van der Waals surface area contributed by atoms with E-state index in [9.17, 15) is 9.18 Å². The maximum atomic E-state index is 14.1. The molecule has 0 saturated carbocycles. The Hall–Kier alpha value is -2.71. The Morgan fingerprint density at radius 1 is 1.21 bits per heavy atom. The highest BCUT2D eigenvalue weighted by Crippen LogP contribution is 2.30. The lowest BCUT2D eigenvalue weighted by atomic mass is 10.1. The lowest BCUT2D eigenvalue weighted by molar-refractivity contribution is -0.118. The summed E-state index contributed by atoms with van der Waals surface area (Å²) in [7, 11) is 0. The van der Waals surface area contributed by atoms with Crippen LogP contribution in [0.15, 0.2) is 65.8 Å². The van der Waals surface area contributed by atoms with Crippen LogP contribution in [0.1, 0.15) is 5.56 Å². The summed E-state index contributed by atoms with van der Waals surface area (Å²) in [5.74, 6) is -0.453. The number of rotatable bonds is 7. The van der Waals surface area contributed by atoms with Crippen LogP contribution < -0.4 is 4.90 Å². The second kappa shape index (κ2) is 8.75. The normalized spacial score (nSPS) is 11.1. The molecular weight excluding hydrogens is 407 g/mol. The Morgan fingerprint density at radius 2 is 2.03 bits per heavy atom. The average molecular weight is 427 g/mol. The van der Waals surface area contributed by atoms with Crippen LogP contribution in [0, 0.1) is 5.82 Å². The van der Waals surface area contributed by atoms with Crippen LogP contribution in [0.2, 0.25) is 0 Å². The fourth-order valence-electron chi connectivity index (χ4n) is 2.99. The van der Waals surface area contributed by atoms with Crippen molar-refractivity contribution in [1.82, 2.24) is 14.8 Å². The molecule has 0 bridgehead atoms. The van der Waals surface area contributed by atoms with Gasteiger partial charge in [0.15, 0.2) is 5.13 Å². The molecule has 5 nitrogen and oxygen atoms in total. The van der Waals surface area contributed by atoms with Crippen LogP contribution in [-0.2, 0) is 17.8 Å². The number of nitrogens with zero attached hydrogens (tertiary/aromatic N) is 4. The lowest BCUT2D eigenvalue weighted by Crippen LogP contribution is -2.35. The van der Waals surface area contributed by atoms with Gasteiger partial charge in [0.25, 0.3) is 0 Å². The van der Waals surface area contributed by atoms with Crippen LogP contribution in [0.4, 0.5) is 9.52 Å². The molecule has 2 heterocycles. The number of carbonyl (C=O) groups is 1. The summed E-state index contributed by atoms with van der Waals surface area (Å²) < 4.78 is 16.6. The Bertz CT molecular complexity index is 1110. The Balaban J connectivity index is 1.60. The van der Waals surface area contributed by atoms with E-state index in [2.05, 4.69) is 10.1 Å². The first-order valence-electron chi connectivity index (χ1n) is 9.10. The van der Waals surface area contributed by atoms with Gasteiger partial charge in [0.05, 0.1) is 17.7 Å². The molecule has 148 valence electrons. The highest BCUT2D eigenvalue weighted by atomic mass is 32.2. The number of halogens is 1. The lowest BCUT2D eigenvalue weighted by Gasteiger charge is -2.20. The van der Waals surface area contributed by atoms with E-state index in [0.717, 1.165) is 15.2 Å². The first-order chi connectivity index (χ1) is 14.1. The molecule has 0 aliphatic rings. The number of thioether (sulfide) groups is 1. The van der Waals surface area contributed by atoms with Crippen LogP contribution in [0.3, 0.4) is 0 Å². The average Bonchev–Trinajstić information content (AvgIpc) is 3.39. The van der Waals surface area contributed by atoms with Gasteiger partial charge in [-0.25, -0.2) is 9.37 Å². The summed E-state index contributed by atoms with van der Waals surface area (Å²) in [6, 6.07) is 14.6. The van der Waals surface area contributed by atoms with Crippen LogP contribution in [0.5, 0.6) is 0 Å². The van der Waals surface area contributed by atoms with Crippen molar-refractivity contribution >= 4 is 44.4 Å². The monoisotopic (exact) mass is 426 g/mol. The number of benzene rings is 2. The number of aromatic nitrogens is 3. The minimum absolute atomic E-state index is 0.0754. The third-order valence-electron chi connectivity index (χ3n) is 4.52. The van der Waals surface area contributed by atoms with Gasteiger partial charge in [0.2, 0.25) is 5.91 Å². The van der Waals surface area contributed by atoms with Crippen LogP contribution in [0.25, 0.3) is 10.2 Å². The third kappa shape index (κ3) is 4.49. The number of hydrogen-bond donors (Lipinski definition) is 0. The molecule has 0 aliphatic heterocycles. The number of para-hydroxylation sites is 1. The smallest absolute Gasteiger partial charge is 0.233 e. The molecular formula is C21H19FN4OS2. The number of amides is 1. The zero-order chi connectivity index (χ0) is 20.2. The third-order valence-corrected chi connectivity index (χ3v) is 6.30. The van der Waals surface area contributed by atoms with Gasteiger partial charge in [-0.05, 0) is 42.2 Å². The molecule has 2 aromatic heterocycles. The van der Waals surface area contributed by atoms with Crippen molar-refractivity contribution in [2.45, 2.75) is 17.9 Å². The van der Waals surface area contributed by atoms with Gasteiger partial charge in [-0.2, -0.15) is 5.10 Å². The topological polar surface area (TPSA) is 51.0 Å². The van der Waals surface area contributed by atoms with Gasteiger partial charge in [-0.3, -0.25) is 14.4 Å². The molecule has 2 aromatic carbocycles. The summed E-state index contributed by atoms with van der Waals surface area (Å²) in [5, 5.41) is 4.70. The predicted molar refractivity (Wildman–Crippen MR) is 116 cm³/mol. The maximum absolute atomic E-state index is 14.1. The van der Waals surface area contributed by atoms with E-state index in [1.807, 2.05) is 48.9 Å². The number of fused-ring (bicyclic) bond motifs is 1. The molecule has 0 unspecified atom stereocenters. The van der Waals surface area contributed by atoms with E-state index in [1.165, 1.54) is 17.4 Å². The standard InChI is InChI=1S/C21H19FN4OS2/c1-28-16-8-6-15(7-9-16)14-19(27)26(13-12-25-11-3-10-23-25)21-24-20-17(22)4-2-5-18(20)29-21/h2-11H,12-14H2,1H3. The summed E-state index contributed by atoms with van der Waals surface area (Å²) in [6.45, 7) is 0.938. The summed E-state index contributed by atoms with van der Waals surface area (Å²) in [5.41, 5.74) is 1.23.